The van der Waals surface area contributed by atoms with Crippen LogP contribution in [0.4, 0.5) is 0 Å². The molecule has 3 nitrogen and oxygen atoms in total. The van der Waals surface area contributed by atoms with Crippen LogP contribution in [0.3, 0.4) is 0 Å². The van der Waals surface area contributed by atoms with Gasteiger partial charge in [-0.05, 0) is 39.5 Å². The van der Waals surface area contributed by atoms with E-state index in [2.05, 4.69) is 24.3 Å². The van der Waals surface area contributed by atoms with Gasteiger partial charge in [-0.3, -0.25) is 10.2 Å². The third kappa shape index (κ3) is 3.21. The van der Waals surface area contributed by atoms with Gasteiger partial charge in [-0.15, -0.1) is 0 Å². The molecule has 1 aliphatic carbocycles. The Morgan fingerprint density at radius 3 is 2.12 bits per heavy atom. The maximum Gasteiger partial charge on any atom is 0.237 e. The summed E-state index contributed by atoms with van der Waals surface area (Å²) in [6.45, 7) is 4.44. The second-order valence-electron chi connectivity index (χ2n) is 5.85. The molecule has 98 valence electrons. The quantitative estimate of drug-likeness (QED) is 0.802. The molecule has 0 spiro atoms. The van der Waals surface area contributed by atoms with Gasteiger partial charge in [0.25, 0.3) is 0 Å². The van der Waals surface area contributed by atoms with Crippen molar-refractivity contribution in [2.45, 2.75) is 77.3 Å². The van der Waals surface area contributed by atoms with Crippen LogP contribution in [0.15, 0.2) is 0 Å². The summed E-state index contributed by atoms with van der Waals surface area (Å²) in [6.07, 6.45) is 9.63. The molecule has 1 aliphatic heterocycles. The minimum absolute atomic E-state index is 0.269. The molecule has 1 saturated carbocycles. The van der Waals surface area contributed by atoms with Crippen molar-refractivity contribution in [2.75, 3.05) is 0 Å². The zero-order valence-electron chi connectivity index (χ0n) is 11.2. The summed E-state index contributed by atoms with van der Waals surface area (Å²) in [5.74, 6) is 0.537. The molecule has 0 aromatic heterocycles. The first-order chi connectivity index (χ1) is 8.18. The molecular weight excluding hydrogens is 212 g/mol. The molecule has 2 rings (SSSR count). The molecule has 1 N–H and O–H groups in total. The molecule has 0 radical (unpaired) electrons. The summed E-state index contributed by atoms with van der Waals surface area (Å²) in [6, 6.07) is 0.984. The van der Waals surface area contributed by atoms with Crippen molar-refractivity contribution in [3.05, 3.63) is 0 Å². The van der Waals surface area contributed by atoms with Gasteiger partial charge in [-0.25, -0.2) is 5.01 Å². The Morgan fingerprint density at radius 1 is 0.941 bits per heavy atom. The van der Waals surface area contributed by atoms with E-state index in [0.29, 0.717) is 12.1 Å². The molecule has 1 heterocycles. The minimum atomic E-state index is 0.269. The normalized spacial score (nSPS) is 32.4. The Labute approximate surface area is 105 Å². The molecular formula is C14H26N2O. The van der Waals surface area contributed by atoms with Gasteiger partial charge in [0.1, 0.15) is 0 Å². The number of nitrogens with zero attached hydrogens (tertiary/aromatic N) is 1. The van der Waals surface area contributed by atoms with Crippen molar-refractivity contribution >= 4 is 5.91 Å². The molecule has 0 aromatic carbocycles. The lowest BCUT2D eigenvalue weighted by Gasteiger charge is -2.39. The summed E-state index contributed by atoms with van der Waals surface area (Å²) in [7, 11) is 0. The van der Waals surface area contributed by atoms with Crippen LogP contribution in [-0.2, 0) is 4.79 Å². The first-order valence-corrected chi connectivity index (χ1v) is 7.27. The standard InChI is InChI=1S/C14H26N2O/c1-11-7-6-8-12(2)16(11)15-14(17)13-9-4-3-5-10-13/h11-13H,3-10H2,1-2H3,(H,15,17). The monoisotopic (exact) mass is 238 g/mol. The molecule has 2 atom stereocenters. The largest absolute Gasteiger partial charge is 0.288 e. The second kappa shape index (κ2) is 5.85. The van der Waals surface area contributed by atoms with Gasteiger partial charge in [-0.2, -0.15) is 0 Å². The van der Waals surface area contributed by atoms with E-state index in [1.165, 1.54) is 38.5 Å². The summed E-state index contributed by atoms with van der Waals surface area (Å²) in [4.78, 5) is 12.2. The van der Waals surface area contributed by atoms with Gasteiger partial charge in [0, 0.05) is 18.0 Å². The van der Waals surface area contributed by atoms with Gasteiger partial charge in [0.05, 0.1) is 0 Å². The number of carbonyl (C=O) groups excluding carboxylic acids is 1. The minimum Gasteiger partial charge on any atom is -0.288 e. The van der Waals surface area contributed by atoms with Gasteiger partial charge >= 0.3 is 0 Å². The molecule has 17 heavy (non-hydrogen) atoms. The molecule has 3 heteroatoms. The van der Waals surface area contributed by atoms with E-state index in [4.69, 9.17) is 0 Å². The third-order valence-electron chi connectivity index (χ3n) is 4.41. The molecule has 2 unspecified atom stereocenters. The van der Waals surface area contributed by atoms with Crippen LogP contribution in [0, 0.1) is 5.92 Å². The topological polar surface area (TPSA) is 32.3 Å². The lowest BCUT2D eigenvalue weighted by Crippen LogP contribution is -2.55. The summed E-state index contributed by atoms with van der Waals surface area (Å²) >= 11 is 0. The fraction of sp³-hybridized carbons (Fsp3) is 0.929. The molecule has 1 amide bonds. The average molecular weight is 238 g/mol. The van der Waals surface area contributed by atoms with E-state index < -0.39 is 0 Å². The summed E-state index contributed by atoms with van der Waals surface area (Å²) in [5.41, 5.74) is 3.18. The summed E-state index contributed by atoms with van der Waals surface area (Å²) < 4.78 is 0. The van der Waals surface area contributed by atoms with Crippen LogP contribution in [0.5, 0.6) is 0 Å². The molecule has 0 aromatic rings. The van der Waals surface area contributed by atoms with Crippen molar-refractivity contribution in [1.82, 2.24) is 10.4 Å². The number of hydrazine groups is 1. The van der Waals surface area contributed by atoms with Crippen molar-refractivity contribution in [3.8, 4) is 0 Å². The lowest BCUT2D eigenvalue weighted by molar-refractivity contribution is -0.134. The zero-order valence-corrected chi connectivity index (χ0v) is 11.2. The van der Waals surface area contributed by atoms with Gasteiger partial charge in [0.2, 0.25) is 5.91 Å². The zero-order chi connectivity index (χ0) is 12.3. The van der Waals surface area contributed by atoms with Crippen molar-refractivity contribution < 1.29 is 4.79 Å². The van der Waals surface area contributed by atoms with Crippen molar-refractivity contribution in [2.24, 2.45) is 5.92 Å². The Bertz CT molecular complexity index is 251. The maximum atomic E-state index is 12.2. The lowest BCUT2D eigenvalue weighted by atomic mass is 9.89. The predicted octanol–water partition coefficient (Wildman–Crippen LogP) is 2.86. The number of hydrogen-bond acceptors (Lipinski definition) is 2. The van der Waals surface area contributed by atoms with Crippen molar-refractivity contribution in [3.63, 3.8) is 0 Å². The number of amides is 1. The Hall–Kier alpha value is -0.570. The molecule has 1 saturated heterocycles. The van der Waals surface area contributed by atoms with E-state index in [9.17, 15) is 4.79 Å². The number of carbonyl (C=O) groups is 1. The van der Waals surface area contributed by atoms with Crippen LogP contribution < -0.4 is 5.43 Å². The first kappa shape index (κ1) is 12.9. The van der Waals surface area contributed by atoms with Crippen LogP contribution in [0.25, 0.3) is 0 Å². The van der Waals surface area contributed by atoms with Crippen LogP contribution in [-0.4, -0.2) is 23.0 Å². The Kier molecular flexibility index (Phi) is 4.43. The van der Waals surface area contributed by atoms with E-state index in [-0.39, 0.29) is 11.8 Å². The fourth-order valence-corrected chi connectivity index (χ4v) is 3.22. The van der Waals surface area contributed by atoms with E-state index >= 15 is 0 Å². The number of hydrogen-bond donors (Lipinski definition) is 1. The van der Waals surface area contributed by atoms with Gasteiger partial charge in [0.15, 0.2) is 0 Å². The maximum absolute atomic E-state index is 12.2. The molecule has 2 fully saturated rings. The van der Waals surface area contributed by atoms with Gasteiger partial charge in [-0.1, -0.05) is 25.7 Å². The van der Waals surface area contributed by atoms with E-state index in [1.807, 2.05) is 0 Å². The van der Waals surface area contributed by atoms with Crippen molar-refractivity contribution in [1.29, 1.82) is 0 Å². The van der Waals surface area contributed by atoms with E-state index in [1.54, 1.807) is 0 Å². The number of nitrogens with one attached hydrogen (secondary N) is 1. The van der Waals surface area contributed by atoms with E-state index in [0.717, 1.165) is 12.8 Å². The van der Waals surface area contributed by atoms with Crippen LogP contribution in [0.2, 0.25) is 0 Å². The Morgan fingerprint density at radius 2 is 1.53 bits per heavy atom. The Balaban J connectivity index is 1.87. The second-order valence-corrected chi connectivity index (χ2v) is 5.85. The average Bonchev–Trinajstić information content (AvgIpc) is 2.35. The highest BCUT2D eigenvalue weighted by Gasteiger charge is 2.29. The predicted molar refractivity (Wildman–Crippen MR) is 69.3 cm³/mol. The SMILES string of the molecule is CC1CCCC(C)N1NC(=O)C1CCCCC1. The molecule has 0 bridgehead atoms. The molecule has 2 aliphatic rings. The van der Waals surface area contributed by atoms with Gasteiger partial charge < -0.3 is 0 Å². The fourth-order valence-electron chi connectivity index (χ4n) is 3.22. The van der Waals surface area contributed by atoms with Crippen LogP contribution >= 0.6 is 0 Å². The smallest absolute Gasteiger partial charge is 0.237 e. The third-order valence-corrected chi connectivity index (χ3v) is 4.41. The highest BCUT2D eigenvalue weighted by molar-refractivity contribution is 5.78. The highest BCUT2D eigenvalue weighted by atomic mass is 16.2. The summed E-state index contributed by atoms with van der Waals surface area (Å²) in [5, 5.41) is 2.19. The number of rotatable bonds is 2. The van der Waals surface area contributed by atoms with Crippen LogP contribution in [0.1, 0.15) is 65.2 Å². The highest BCUT2D eigenvalue weighted by Crippen LogP contribution is 2.25. The number of piperidine rings is 1. The first-order valence-electron chi connectivity index (χ1n) is 7.27.